The Labute approximate surface area is 90.8 Å². The molecule has 0 fully saturated rings. The summed E-state index contributed by atoms with van der Waals surface area (Å²) in [5, 5.41) is 17.8. The van der Waals surface area contributed by atoms with E-state index in [4.69, 9.17) is 14.8 Å². The largest absolute Gasteiger partial charge is 0.491 e. The second kappa shape index (κ2) is 7.28. The van der Waals surface area contributed by atoms with E-state index < -0.39 is 7.12 Å². The Bertz CT molecular complexity index is 279. The number of hydrogen-bond donors (Lipinski definition) is 3. The van der Waals surface area contributed by atoms with Crippen molar-refractivity contribution in [1.29, 1.82) is 0 Å². The highest BCUT2D eigenvalue weighted by Crippen LogP contribution is 2.09. The monoisotopic (exact) mass is 211 g/mol. The maximum Gasteiger partial charge on any atom is 0.488 e. The number of ether oxygens (including phenoxy) is 1. The van der Waals surface area contributed by atoms with Crippen molar-refractivity contribution < 1.29 is 14.8 Å². The first kappa shape index (κ1) is 14.0. The molecule has 0 bridgehead atoms. The fourth-order valence-electron chi connectivity index (χ4n) is 1.02. The molecule has 84 valence electrons. The molecule has 0 unspecified atom stereocenters. The van der Waals surface area contributed by atoms with Crippen LogP contribution >= 0.6 is 0 Å². The Hall–Kier alpha value is -1.04. The van der Waals surface area contributed by atoms with Gasteiger partial charge < -0.3 is 20.5 Å². The van der Waals surface area contributed by atoms with Gasteiger partial charge in [0, 0.05) is 0 Å². The first-order valence-electron chi connectivity index (χ1n) is 4.80. The van der Waals surface area contributed by atoms with Gasteiger partial charge in [0.1, 0.15) is 5.75 Å². The van der Waals surface area contributed by atoms with Crippen LogP contribution in [0.15, 0.2) is 24.3 Å². The van der Waals surface area contributed by atoms with Crippen molar-refractivity contribution in [2.45, 2.75) is 20.0 Å². The molecular weight excluding hydrogens is 193 g/mol. The molecule has 0 aliphatic carbocycles. The van der Waals surface area contributed by atoms with E-state index in [0.717, 1.165) is 0 Å². The van der Waals surface area contributed by atoms with Gasteiger partial charge in [0.05, 0.1) is 6.10 Å². The lowest BCUT2D eigenvalue weighted by Gasteiger charge is -2.10. The molecule has 0 aliphatic rings. The molecule has 5 heteroatoms. The molecule has 0 spiro atoms. The zero-order chi connectivity index (χ0) is 11.8. The third kappa shape index (κ3) is 5.42. The molecule has 0 heterocycles. The molecule has 1 rings (SSSR count). The van der Waals surface area contributed by atoms with Crippen LogP contribution in [0.1, 0.15) is 13.8 Å². The Morgan fingerprint density at radius 1 is 1.27 bits per heavy atom. The van der Waals surface area contributed by atoms with Crippen LogP contribution in [0.2, 0.25) is 0 Å². The van der Waals surface area contributed by atoms with E-state index >= 15 is 0 Å². The minimum Gasteiger partial charge on any atom is -0.491 e. The predicted octanol–water partition coefficient (Wildman–Crippen LogP) is -0.271. The molecule has 0 amide bonds. The van der Waals surface area contributed by atoms with Crippen LogP contribution in [0, 0.1) is 0 Å². The fraction of sp³-hybridized carbons (Fsp3) is 0.400. The van der Waals surface area contributed by atoms with E-state index in [9.17, 15) is 0 Å². The highest BCUT2D eigenvalue weighted by Gasteiger charge is 2.11. The third-order valence-corrected chi connectivity index (χ3v) is 1.53. The maximum absolute atomic E-state index is 8.88. The highest BCUT2D eigenvalue weighted by molar-refractivity contribution is 6.58. The second-order valence-electron chi connectivity index (χ2n) is 3.11. The van der Waals surface area contributed by atoms with Gasteiger partial charge in [-0.25, -0.2) is 0 Å². The Morgan fingerprint density at radius 2 is 1.87 bits per heavy atom. The molecule has 1 aromatic carbocycles. The molecular formula is C10H18BNO3. The fourth-order valence-corrected chi connectivity index (χ4v) is 1.02. The molecule has 0 saturated carbocycles. The quantitative estimate of drug-likeness (QED) is 0.601. The van der Waals surface area contributed by atoms with Crippen molar-refractivity contribution in [2.75, 3.05) is 7.05 Å². The minimum atomic E-state index is -1.43. The Balaban J connectivity index is 0.000000921. The van der Waals surface area contributed by atoms with Crippen LogP contribution in [0.4, 0.5) is 0 Å². The summed E-state index contributed by atoms with van der Waals surface area (Å²) in [6.45, 7) is 3.84. The average molecular weight is 211 g/mol. The maximum atomic E-state index is 8.88. The van der Waals surface area contributed by atoms with Crippen molar-refractivity contribution >= 4 is 12.6 Å². The highest BCUT2D eigenvalue weighted by atomic mass is 16.5. The van der Waals surface area contributed by atoms with E-state index in [0.29, 0.717) is 11.2 Å². The van der Waals surface area contributed by atoms with Gasteiger partial charge in [-0.1, -0.05) is 12.1 Å². The zero-order valence-electron chi connectivity index (χ0n) is 9.34. The second-order valence-corrected chi connectivity index (χ2v) is 3.11. The number of hydrogen-bond acceptors (Lipinski definition) is 4. The van der Waals surface area contributed by atoms with Crippen LogP contribution in [0.3, 0.4) is 0 Å². The van der Waals surface area contributed by atoms with E-state index in [1.807, 2.05) is 13.8 Å². The molecule has 1 aromatic rings. The molecule has 0 radical (unpaired) electrons. The lowest BCUT2D eigenvalue weighted by Crippen LogP contribution is -2.29. The molecule has 0 saturated heterocycles. The SMILES string of the molecule is CC(C)Oc1cccc(B(O)O)c1.CN. The number of rotatable bonds is 3. The summed E-state index contributed by atoms with van der Waals surface area (Å²) < 4.78 is 5.38. The number of benzene rings is 1. The van der Waals surface area contributed by atoms with Crippen molar-refractivity contribution in [3.63, 3.8) is 0 Å². The molecule has 0 aliphatic heterocycles. The molecule has 0 atom stereocenters. The standard InChI is InChI=1S/C9H13BO3.CH5N/c1-7(2)13-9-5-3-4-8(6-9)10(11)12;1-2/h3-7,11-12H,1-2H3;2H2,1H3. The summed E-state index contributed by atoms with van der Waals surface area (Å²) in [6, 6.07) is 6.76. The van der Waals surface area contributed by atoms with E-state index in [1.165, 1.54) is 7.05 Å². The Morgan fingerprint density at radius 3 is 2.33 bits per heavy atom. The first-order chi connectivity index (χ1) is 7.09. The summed E-state index contributed by atoms with van der Waals surface area (Å²) in [5.41, 5.74) is 4.94. The van der Waals surface area contributed by atoms with Gasteiger partial charge in [0.15, 0.2) is 0 Å². The van der Waals surface area contributed by atoms with Crippen molar-refractivity contribution in [1.82, 2.24) is 0 Å². The van der Waals surface area contributed by atoms with E-state index in [1.54, 1.807) is 24.3 Å². The molecule has 4 nitrogen and oxygen atoms in total. The van der Waals surface area contributed by atoms with Crippen LogP contribution in [0.5, 0.6) is 5.75 Å². The topological polar surface area (TPSA) is 75.7 Å². The molecule has 0 aromatic heterocycles. The summed E-state index contributed by atoms with van der Waals surface area (Å²) in [5.74, 6) is 0.653. The summed E-state index contributed by atoms with van der Waals surface area (Å²) >= 11 is 0. The van der Waals surface area contributed by atoms with Crippen LogP contribution in [0.25, 0.3) is 0 Å². The van der Waals surface area contributed by atoms with Gasteiger partial charge in [0.25, 0.3) is 0 Å². The summed E-state index contributed by atoms with van der Waals surface area (Å²) in [6.07, 6.45) is 0.0890. The van der Waals surface area contributed by atoms with Gasteiger partial charge in [-0.2, -0.15) is 0 Å². The first-order valence-corrected chi connectivity index (χ1v) is 4.80. The van der Waals surface area contributed by atoms with Crippen LogP contribution in [-0.4, -0.2) is 30.3 Å². The number of nitrogens with two attached hydrogens (primary N) is 1. The summed E-state index contributed by atoms with van der Waals surface area (Å²) in [7, 11) is 0.0655. The average Bonchev–Trinajstić information content (AvgIpc) is 2.20. The lowest BCUT2D eigenvalue weighted by molar-refractivity contribution is 0.242. The zero-order valence-corrected chi connectivity index (χ0v) is 9.34. The normalized spacial score (nSPS) is 9.27. The van der Waals surface area contributed by atoms with Crippen molar-refractivity contribution in [3.8, 4) is 5.75 Å². The van der Waals surface area contributed by atoms with E-state index in [2.05, 4.69) is 5.73 Å². The van der Waals surface area contributed by atoms with Gasteiger partial charge in [-0.3, -0.25) is 0 Å². The van der Waals surface area contributed by atoms with Crippen LogP contribution in [-0.2, 0) is 0 Å². The summed E-state index contributed by atoms with van der Waals surface area (Å²) in [4.78, 5) is 0. The predicted molar refractivity (Wildman–Crippen MR) is 62.1 cm³/mol. The van der Waals surface area contributed by atoms with E-state index in [-0.39, 0.29) is 6.10 Å². The molecule has 15 heavy (non-hydrogen) atoms. The minimum absolute atomic E-state index is 0.0890. The molecule has 4 N–H and O–H groups in total. The van der Waals surface area contributed by atoms with Crippen LogP contribution < -0.4 is 15.9 Å². The van der Waals surface area contributed by atoms with Gasteiger partial charge in [-0.15, -0.1) is 0 Å². The third-order valence-electron chi connectivity index (χ3n) is 1.53. The Kier molecular flexibility index (Phi) is 6.78. The van der Waals surface area contributed by atoms with Crippen molar-refractivity contribution in [3.05, 3.63) is 24.3 Å². The smallest absolute Gasteiger partial charge is 0.488 e. The van der Waals surface area contributed by atoms with Gasteiger partial charge >= 0.3 is 7.12 Å². The van der Waals surface area contributed by atoms with Crippen molar-refractivity contribution in [2.24, 2.45) is 5.73 Å². The van der Waals surface area contributed by atoms with Gasteiger partial charge in [0.2, 0.25) is 0 Å². The van der Waals surface area contributed by atoms with Gasteiger partial charge in [-0.05, 0) is 38.5 Å². The lowest BCUT2D eigenvalue weighted by atomic mass is 9.80.